The Morgan fingerprint density at radius 1 is 1.19 bits per heavy atom. The summed E-state index contributed by atoms with van der Waals surface area (Å²) in [4.78, 5) is 26.7. The van der Waals surface area contributed by atoms with Gasteiger partial charge >= 0.3 is 0 Å². The minimum Gasteiger partial charge on any atom is -0.509 e. The number of aryl methyl sites for hydroxylation is 1. The van der Waals surface area contributed by atoms with Crippen LogP contribution >= 0.6 is 0 Å². The molecule has 2 aliphatic rings. The molecule has 2 N–H and O–H groups in total. The van der Waals surface area contributed by atoms with Crippen molar-refractivity contribution in [2.75, 3.05) is 20.1 Å². The summed E-state index contributed by atoms with van der Waals surface area (Å²) in [6, 6.07) is 8.65. The van der Waals surface area contributed by atoms with Crippen LogP contribution in [0.4, 0.5) is 0 Å². The maximum Gasteiger partial charge on any atom is 0.273 e. The molecule has 6 nitrogen and oxygen atoms in total. The van der Waals surface area contributed by atoms with Crippen molar-refractivity contribution in [3.63, 3.8) is 0 Å². The Balaban J connectivity index is 0.00000114. The van der Waals surface area contributed by atoms with Crippen LogP contribution in [-0.4, -0.2) is 53.1 Å². The largest absolute Gasteiger partial charge is 0.509 e. The first-order valence-electron chi connectivity index (χ1n) is 11.9. The lowest BCUT2D eigenvalue weighted by Gasteiger charge is -2.39. The van der Waals surface area contributed by atoms with Crippen molar-refractivity contribution in [2.24, 2.45) is 0 Å². The minimum atomic E-state index is -0.339. The summed E-state index contributed by atoms with van der Waals surface area (Å²) in [6.07, 6.45) is 7.40. The molecule has 0 radical (unpaired) electrons. The minimum absolute atomic E-state index is 0.0753. The Bertz CT molecular complexity index is 840. The molecule has 32 heavy (non-hydrogen) atoms. The maximum atomic E-state index is 12.7. The van der Waals surface area contributed by atoms with E-state index in [1.807, 2.05) is 0 Å². The summed E-state index contributed by atoms with van der Waals surface area (Å²) in [5.74, 6) is -0.258. The molecule has 1 aromatic rings. The zero-order chi connectivity index (χ0) is 23.7. The smallest absolute Gasteiger partial charge is 0.273 e. The normalized spacial score (nSPS) is 19.3. The van der Waals surface area contributed by atoms with Gasteiger partial charge in [0.25, 0.3) is 5.91 Å². The van der Waals surface area contributed by atoms with E-state index < -0.39 is 0 Å². The molecule has 1 saturated carbocycles. The molecule has 176 valence electrons. The molecule has 0 atom stereocenters. The van der Waals surface area contributed by atoms with Crippen LogP contribution in [0.3, 0.4) is 0 Å². The second kappa shape index (κ2) is 11.8. The molecular formula is C26H39N3O3. The molecule has 3 rings (SSSR count). The first-order valence-corrected chi connectivity index (χ1v) is 11.9. The van der Waals surface area contributed by atoms with Crippen LogP contribution in [0.5, 0.6) is 0 Å². The number of likely N-dealkylation sites (N-methyl/N-ethyl adjacent to an activating group) is 1. The Kier molecular flexibility index (Phi) is 9.48. The molecular weight excluding hydrogens is 402 g/mol. The fourth-order valence-corrected chi connectivity index (χ4v) is 4.64. The second-order valence-corrected chi connectivity index (χ2v) is 8.92. The van der Waals surface area contributed by atoms with E-state index in [1.54, 1.807) is 11.9 Å². The highest BCUT2D eigenvalue weighted by Crippen LogP contribution is 2.45. The number of hydrogen-bond donors (Lipinski definition) is 2. The van der Waals surface area contributed by atoms with Gasteiger partial charge < -0.3 is 19.7 Å². The average molecular weight is 442 g/mol. The lowest BCUT2D eigenvalue weighted by atomic mass is 9.75. The number of aliphatic hydroxyl groups is 1. The molecule has 1 saturated heterocycles. The Morgan fingerprint density at radius 2 is 1.84 bits per heavy atom. The highest BCUT2D eigenvalue weighted by Gasteiger charge is 2.40. The molecule has 6 heteroatoms. The summed E-state index contributed by atoms with van der Waals surface area (Å²) in [6.45, 7) is 7.33. The number of benzene rings is 1. The number of nitrogens with zero attached hydrogens (tertiary/aromatic N) is 2. The van der Waals surface area contributed by atoms with Crippen LogP contribution in [-0.2, 0) is 21.4 Å². The summed E-state index contributed by atoms with van der Waals surface area (Å²) >= 11 is 0. The number of piperazine rings is 1. The van der Waals surface area contributed by atoms with Gasteiger partial charge in [-0.1, -0.05) is 64.3 Å². The SMILES string of the molecule is CCC.CCc1cccc(C2(CC(=N)N3CCN(C)C(=O)/C3=C(\O)CC=O)CCCC2)c1. The number of aliphatic hydroxyl groups excluding tert-OH is 1. The van der Waals surface area contributed by atoms with E-state index in [-0.39, 0.29) is 29.2 Å². The maximum absolute atomic E-state index is 12.7. The number of aldehydes is 1. The van der Waals surface area contributed by atoms with Crippen molar-refractivity contribution in [3.8, 4) is 0 Å². The van der Waals surface area contributed by atoms with Gasteiger partial charge in [-0.05, 0) is 30.4 Å². The second-order valence-electron chi connectivity index (χ2n) is 8.92. The van der Waals surface area contributed by atoms with Gasteiger partial charge in [-0.3, -0.25) is 10.2 Å². The Labute approximate surface area is 192 Å². The third-order valence-corrected chi connectivity index (χ3v) is 6.37. The summed E-state index contributed by atoms with van der Waals surface area (Å²) in [5.41, 5.74) is 2.52. The number of amidine groups is 1. The van der Waals surface area contributed by atoms with Gasteiger partial charge in [0.1, 0.15) is 23.6 Å². The van der Waals surface area contributed by atoms with E-state index in [1.165, 1.54) is 22.4 Å². The van der Waals surface area contributed by atoms with Crippen molar-refractivity contribution in [1.29, 1.82) is 5.41 Å². The average Bonchev–Trinajstić information content (AvgIpc) is 3.25. The van der Waals surface area contributed by atoms with Gasteiger partial charge in [0.15, 0.2) is 0 Å². The van der Waals surface area contributed by atoms with E-state index in [0.29, 0.717) is 31.6 Å². The lowest BCUT2D eigenvalue weighted by molar-refractivity contribution is -0.129. The molecule has 0 unspecified atom stereocenters. The molecule has 1 heterocycles. The quantitative estimate of drug-likeness (QED) is 0.214. The third kappa shape index (κ3) is 5.78. The molecule has 1 aliphatic heterocycles. The zero-order valence-corrected chi connectivity index (χ0v) is 20.1. The van der Waals surface area contributed by atoms with Crippen LogP contribution in [0, 0.1) is 5.41 Å². The number of hydrogen-bond acceptors (Lipinski definition) is 4. The fraction of sp³-hybridized carbons (Fsp3) is 0.577. The molecule has 0 bridgehead atoms. The van der Waals surface area contributed by atoms with Crippen molar-refractivity contribution in [2.45, 2.75) is 77.6 Å². The zero-order valence-electron chi connectivity index (χ0n) is 20.1. The monoisotopic (exact) mass is 441 g/mol. The highest BCUT2D eigenvalue weighted by atomic mass is 16.3. The first kappa shape index (κ1) is 25.6. The van der Waals surface area contributed by atoms with E-state index in [2.05, 4.69) is 45.0 Å². The van der Waals surface area contributed by atoms with Gasteiger partial charge in [-0.15, -0.1) is 0 Å². The number of rotatable bonds is 6. The number of nitrogens with one attached hydrogen (secondary N) is 1. The van der Waals surface area contributed by atoms with Crippen LogP contribution < -0.4 is 0 Å². The predicted octanol–water partition coefficient (Wildman–Crippen LogP) is 4.98. The summed E-state index contributed by atoms with van der Waals surface area (Å²) in [5, 5.41) is 19.2. The van der Waals surface area contributed by atoms with Gasteiger partial charge in [0.2, 0.25) is 0 Å². The van der Waals surface area contributed by atoms with Crippen LogP contribution in [0.2, 0.25) is 0 Å². The first-order chi connectivity index (χ1) is 15.3. The number of amides is 1. The Hall–Kier alpha value is -2.63. The van der Waals surface area contributed by atoms with Crippen molar-refractivity contribution in [3.05, 3.63) is 46.8 Å². The van der Waals surface area contributed by atoms with Gasteiger partial charge in [0.05, 0.1) is 6.42 Å². The van der Waals surface area contributed by atoms with E-state index >= 15 is 0 Å². The highest BCUT2D eigenvalue weighted by molar-refractivity contribution is 5.99. The number of carbonyl (C=O) groups is 2. The van der Waals surface area contributed by atoms with E-state index in [9.17, 15) is 14.7 Å². The Morgan fingerprint density at radius 3 is 2.44 bits per heavy atom. The van der Waals surface area contributed by atoms with Crippen LogP contribution in [0.1, 0.15) is 76.8 Å². The molecule has 2 fully saturated rings. The van der Waals surface area contributed by atoms with Crippen LogP contribution in [0.15, 0.2) is 35.7 Å². The molecule has 1 aromatic carbocycles. The standard InChI is InChI=1S/C23H31N3O3.C3H8/c1-3-17-7-6-8-18(15-17)23(10-4-5-11-23)16-20(24)26-13-12-25(2)22(29)21(26)19(28)9-14-27;1-3-2/h6-8,14-15,24,28H,3-5,9-13,16H2,1-2H3;3H2,1-2H3/b21-19+,24-20?;. The van der Waals surface area contributed by atoms with E-state index in [0.717, 1.165) is 32.1 Å². The van der Waals surface area contributed by atoms with Crippen molar-refractivity contribution < 1.29 is 14.7 Å². The van der Waals surface area contributed by atoms with Gasteiger partial charge in [-0.2, -0.15) is 0 Å². The molecule has 0 aromatic heterocycles. The molecule has 1 aliphatic carbocycles. The van der Waals surface area contributed by atoms with Crippen molar-refractivity contribution >= 4 is 18.0 Å². The van der Waals surface area contributed by atoms with Crippen molar-refractivity contribution in [1.82, 2.24) is 9.80 Å². The van der Waals surface area contributed by atoms with Gasteiger partial charge in [-0.25, -0.2) is 0 Å². The summed E-state index contributed by atoms with van der Waals surface area (Å²) in [7, 11) is 1.67. The molecule has 1 amide bonds. The van der Waals surface area contributed by atoms with Crippen LogP contribution in [0.25, 0.3) is 0 Å². The lowest BCUT2D eigenvalue weighted by Crippen LogP contribution is -2.50. The third-order valence-electron chi connectivity index (χ3n) is 6.37. The number of carbonyl (C=O) groups excluding carboxylic acids is 2. The summed E-state index contributed by atoms with van der Waals surface area (Å²) < 4.78 is 0. The van der Waals surface area contributed by atoms with E-state index in [4.69, 9.17) is 5.41 Å². The molecule has 0 spiro atoms. The predicted molar refractivity (Wildman–Crippen MR) is 129 cm³/mol. The number of allylic oxidation sites excluding steroid dienone is 1. The topological polar surface area (TPSA) is 84.7 Å². The fourth-order valence-electron chi connectivity index (χ4n) is 4.64. The van der Waals surface area contributed by atoms with Gasteiger partial charge in [0, 0.05) is 32.0 Å².